The molecular formula is C12H26N2O2. The number of nitrogens with zero attached hydrogens (tertiary/aromatic N) is 1. The molecule has 0 aliphatic heterocycles. The maximum Gasteiger partial charge on any atom is 0.239 e. The molecule has 1 amide bonds. The Labute approximate surface area is 99.1 Å². The molecule has 0 aromatic rings. The Morgan fingerprint density at radius 1 is 1.38 bits per heavy atom. The second-order valence-corrected chi connectivity index (χ2v) is 4.66. The fourth-order valence-corrected chi connectivity index (χ4v) is 1.84. The first-order valence-electron chi connectivity index (χ1n) is 5.98. The lowest BCUT2D eigenvalue weighted by Gasteiger charge is -2.30. The number of amides is 1. The number of likely N-dealkylation sites (N-methyl/N-ethyl adjacent to an activating group) is 1. The number of ether oxygens (including phenoxy) is 1. The summed E-state index contributed by atoms with van der Waals surface area (Å²) in [5, 5.41) is 0. The van der Waals surface area contributed by atoms with Gasteiger partial charge in [0.25, 0.3) is 0 Å². The molecule has 0 aliphatic rings. The summed E-state index contributed by atoms with van der Waals surface area (Å²) >= 11 is 0. The van der Waals surface area contributed by atoms with Crippen molar-refractivity contribution in [2.24, 2.45) is 11.7 Å². The molecule has 16 heavy (non-hydrogen) atoms. The molecule has 0 saturated heterocycles. The Hall–Kier alpha value is -0.610. The highest BCUT2D eigenvalue weighted by atomic mass is 16.5. The van der Waals surface area contributed by atoms with Crippen molar-refractivity contribution >= 4 is 5.91 Å². The van der Waals surface area contributed by atoms with Crippen molar-refractivity contribution in [2.45, 2.75) is 46.2 Å². The second-order valence-electron chi connectivity index (χ2n) is 4.66. The van der Waals surface area contributed by atoms with Crippen LogP contribution < -0.4 is 5.73 Å². The zero-order valence-corrected chi connectivity index (χ0v) is 11.2. The number of hydrogen-bond acceptors (Lipinski definition) is 3. The van der Waals surface area contributed by atoms with E-state index in [2.05, 4.69) is 13.8 Å². The SMILES string of the molecule is CCN(C(=O)[C@@H](N)CC(C)C)C(C)COC. The zero-order valence-electron chi connectivity index (χ0n) is 11.2. The molecule has 1 unspecified atom stereocenters. The standard InChI is InChI=1S/C12H26N2O2/c1-6-14(10(4)8-16-5)12(15)11(13)7-9(2)3/h9-11H,6-8,13H2,1-5H3/t10?,11-/m0/s1. The van der Waals surface area contributed by atoms with E-state index >= 15 is 0 Å². The number of rotatable bonds is 7. The molecule has 0 fully saturated rings. The lowest BCUT2D eigenvalue weighted by molar-refractivity contribution is -0.135. The monoisotopic (exact) mass is 230 g/mol. The molecule has 96 valence electrons. The highest BCUT2D eigenvalue weighted by Crippen LogP contribution is 2.08. The van der Waals surface area contributed by atoms with Crippen LogP contribution in [0.25, 0.3) is 0 Å². The summed E-state index contributed by atoms with van der Waals surface area (Å²) in [4.78, 5) is 13.9. The normalized spacial score (nSPS) is 14.9. The molecule has 0 spiro atoms. The van der Waals surface area contributed by atoms with Crippen LogP contribution >= 0.6 is 0 Å². The molecule has 2 N–H and O–H groups in total. The van der Waals surface area contributed by atoms with Gasteiger partial charge in [-0.1, -0.05) is 13.8 Å². The number of carbonyl (C=O) groups excluding carboxylic acids is 1. The van der Waals surface area contributed by atoms with E-state index in [4.69, 9.17) is 10.5 Å². The van der Waals surface area contributed by atoms with Gasteiger partial charge in [-0.2, -0.15) is 0 Å². The van der Waals surface area contributed by atoms with Gasteiger partial charge in [0.05, 0.1) is 18.7 Å². The van der Waals surface area contributed by atoms with Gasteiger partial charge in [0, 0.05) is 13.7 Å². The summed E-state index contributed by atoms with van der Waals surface area (Å²) in [5.41, 5.74) is 5.90. The van der Waals surface area contributed by atoms with Gasteiger partial charge in [0.1, 0.15) is 0 Å². The first-order chi connectivity index (χ1) is 7.43. The van der Waals surface area contributed by atoms with Gasteiger partial charge in [-0.25, -0.2) is 0 Å². The molecule has 4 heteroatoms. The minimum atomic E-state index is -0.390. The van der Waals surface area contributed by atoms with Gasteiger partial charge in [-0.15, -0.1) is 0 Å². The van der Waals surface area contributed by atoms with Crippen LogP contribution in [0.2, 0.25) is 0 Å². The van der Waals surface area contributed by atoms with E-state index in [0.29, 0.717) is 19.1 Å². The van der Waals surface area contributed by atoms with Gasteiger partial charge < -0.3 is 15.4 Å². The van der Waals surface area contributed by atoms with E-state index in [9.17, 15) is 4.79 Å². The van der Waals surface area contributed by atoms with E-state index < -0.39 is 0 Å². The predicted octanol–water partition coefficient (Wildman–Crippen LogP) is 1.24. The van der Waals surface area contributed by atoms with Crippen molar-refractivity contribution in [3.63, 3.8) is 0 Å². The Balaban J connectivity index is 4.39. The lowest BCUT2D eigenvalue weighted by Crippen LogP contribution is -2.49. The average molecular weight is 230 g/mol. The minimum absolute atomic E-state index is 0.0285. The fraction of sp³-hybridized carbons (Fsp3) is 0.917. The fourth-order valence-electron chi connectivity index (χ4n) is 1.84. The third-order valence-electron chi connectivity index (χ3n) is 2.61. The quantitative estimate of drug-likeness (QED) is 0.716. The summed E-state index contributed by atoms with van der Waals surface area (Å²) < 4.78 is 5.06. The molecule has 0 rings (SSSR count). The molecule has 4 nitrogen and oxygen atoms in total. The first kappa shape index (κ1) is 15.4. The number of carbonyl (C=O) groups is 1. The molecule has 0 aliphatic carbocycles. The van der Waals surface area contributed by atoms with Crippen LogP contribution in [0.1, 0.15) is 34.1 Å². The largest absolute Gasteiger partial charge is 0.383 e. The molecule has 0 bridgehead atoms. The Kier molecular flexibility index (Phi) is 7.34. The van der Waals surface area contributed by atoms with E-state index in [1.807, 2.05) is 13.8 Å². The molecule has 0 aromatic heterocycles. The molecular weight excluding hydrogens is 204 g/mol. The van der Waals surface area contributed by atoms with E-state index in [1.165, 1.54) is 0 Å². The summed E-state index contributed by atoms with van der Waals surface area (Å²) in [7, 11) is 1.64. The number of nitrogens with two attached hydrogens (primary N) is 1. The summed E-state index contributed by atoms with van der Waals surface area (Å²) in [6.45, 7) is 9.31. The van der Waals surface area contributed by atoms with Crippen molar-refractivity contribution in [3.05, 3.63) is 0 Å². The van der Waals surface area contributed by atoms with Crippen LogP contribution in [-0.4, -0.2) is 43.2 Å². The van der Waals surface area contributed by atoms with Gasteiger partial charge >= 0.3 is 0 Å². The van der Waals surface area contributed by atoms with Crippen molar-refractivity contribution in [3.8, 4) is 0 Å². The van der Waals surface area contributed by atoms with Crippen LogP contribution in [0.4, 0.5) is 0 Å². The summed E-state index contributed by atoms with van der Waals surface area (Å²) in [5.74, 6) is 0.469. The highest BCUT2D eigenvalue weighted by molar-refractivity contribution is 5.81. The third-order valence-corrected chi connectivity index (χ3v) is 2.61. The van der Waals surface area contributed by atoms with Crippen LogP contribution in [0.5, 0.6) is 0 Å². The van der Waals surface area contributed by atoms with Crippen LogP contribution in [0, 0.1) is 5.92 Å². The van der Waals surface area contributed by atoms with E-state index in [-0.39, 0.29) is 18.0 Å². The van der Waals surface area contributed by atoms with E-state index in [1.54, 1.807) is 12.0 Å². The zero-order chi connectivity index (χ0) is 12.7. The Morgan fingerprint density at radius 2 is 1.94 bits per heavy atom. The average Bonchev–Trinajstić information content (AvgIpc) is 2.17. The minimum Gasteiger partial charge on any atom is -0.383 e. The molecule has 0 saturated carbocycles. The van der Waals surface area contributed by atoms with E-state index in [0.717, 1.165) is 6.42 Å². The Bertz CT molecular complexity index is 207. The van der Waals surface area contributed by atoms with Crippen LogP contribution in [0.15, 0.2) is 0 Å². The third kappa shape index (κ3) is 4.94. The summed E-state index contributed by atoms with van der Waals surface area (Å²) in [6.07, 6.45) is 0.731. The highest BCUT2D eigenvalue weighted by Gasteiger charge is 2.24. The molecule has 2 atom stereocenters. The van der Waals surface area contributed by atoms with Gasteiger partial charge in [0.2, 0.25) is 5.91 Å². The van der Waals surface area contributed by atoms with Crippen molar-refractivity contribution in [2.75, 3.05) is 20.3 Å². The van der Waals surface area contributed by atoms with Crippen molar-refractivity contribution < 1.29 is 9.53 Å². The predicted molar refractivity (Wildman–Crippen MR) is 66.2 cm³/mol. The smallest absolute Gasteiger partial charge is 0.239 e. The van der Waals surface area contributed by atoms with Crippen LogP contribution in [-0.2, 0) is 9.53 Å². The van der Waals surface area contributed by atoms with Crippen molar-refractivity contribution in [1.29, 1.82) is 0 Å². The number of methoxy groups -OCH3 is 1. The van der Waals surface area contributed by atoms with Gasteiger partial charge in [-0.05, 0) is 26.2 Å². The molecule has 0 heterocycles. The van der Waals surface area contributed by atoms with Gasteiger partial charge in [0.15, 0.2) is 0 Å². The first-order valence-corrected chi connectivity index (χ1v) is 5.98. The number of hydrogen-bond donors (Lipinski definition) is 1. The maximum atomic E-state index is 12.1. The lowest BCUT2D eigenvalue weighted by atomic mass is 10.0. The Morgan fingerprint density at radius 3 is 2.31 bits per heavy atom. The summed E-state index contributed by atoms with van der Waals surface area (Å²) in [6, 6.07) is -0.306. The molecule has 0 radical (unpaired) electrons. The molecule has 0 aromatic carbocycles. The topological polar surface area (TPSA) is 55.6 Å². The maximum absolute atomic E-state index is 12.1. The van der Waals surface area contributed by atoms with Gasteiger partial charge in [-0.3, -0.25) is 4.79 Å². The van der Waals surface area contributed by atoms with Crippen molar-refractivity contribution in [1.82, 2.24) is 4.90 Å². The second kappa shape index (κ2) is 7.63. The van der Waals surface area contributed by atoms with Crippen LogP contribution in [0.3, 0.4) is 0 Å².